The second-order valence-corrected chi connectivity index (χ2v) is 11.4. The zero-order valence-electron chi connectivity index (χ0n) is 24.6. The Morgan fingerprint density at radius 1 is 0.953 bits per heavy atom. The van der Waals surface area contributed by atoms with Crippen molar-refractivity contribution in [1.82, 2.24) is 24.8 Å². The van der Waals surface area contributed by atoms with Crippen molar-refractivity contribution >= 4 is 28.8 Å². The summed E-state index contributed by atoms with van der Waals surface area (Å²) in [5, 5.41) is 2.81. The van der Waals surface area contributed by atoms with Gasteiger partial charge in [0.2, 0.25) is 0 Å². The third-order valence-corrected chi connectivity index (χ3v) is 7.15. The summed E-state index contributed by atoms with van der Waals surface area (Å²) >= 11 is 0. The molecule has 0 saturated carbocycles. The van der Waals surface area contributed by atoms with E-state index < -0.39 is 11.7 Å². The zero-order chi connectivity index (χ0) is 30.0. The lowest BCUT2D eigenvalue weighted by Crippen LogP contribution is -2.36. The van der Waals surface area contributed by atoms with Crippen LogP contribution in [0.5, 0.6) is 0 Å². The third kappa shape index (κ3) is 6.29. The monoisotopic (exact) mass is 577 g/mol. The van der Waals surface area contributed by atoms with Gasteiger partial charge in [-0.1, -0.05) is 24.3 Å². The molecule has 4 heterocycles. The highest BCUT2D eigenvalue weighted by Gasteiger charge is 2.20. The molecule has 0 unspecified atom stereocenters. The minimum atomic E-state index is -0.558. The summed E-state index contributed by atoms with van der Waals surface area (Å²) in [6.45, 7) is 9.11. The number of amides is 1. The second-order valence-electron chi connectivity index (χ2n) is 11.4. The Bertz CT molecular complexity index is 1740. The molecule has 3 N–H and O–H groups in total. The number of rotatable bonds is 6. The summed E-state index contributed by atoms with van der Waals surface area (Å²) in [5.41, 5.74) is 12.7. The lowest BCUT2D eigenvalue weighted by molar-refractivity contribution is 0.0523. The maximum absolute atomic E-state index is 12.1. The average Bonchev–Trinajstić information content (AvgIpc) is 3.39. The molecule has 6 rings (SSSR count). The number of ether oxygens (including phenoxy) is 2. The molecular formula is C33H35N7O3. The molecule has 0 aliphatic carbocycles. The summed E-state index contributed by atoms with van der Waals surface area (Å²) in [4.78, 5) is 28.8. The van der Waals surface area contributed by atoms with Gasteiger partial charge in [-0.2, -0.15) is 0 Å². The average molecular weight is 578 g/mol. The first-order valence-corrected chi connectivity index (χ1v) is 14.3. The highest BCUT2D eigenvalue weighted by atomic mass is 16.6. The van der Waals surface area contributed by atoms with Crippen molar-refractivity contribution in [2.45, 2.75) is 32.9 Å². The molecule has 0 spiro atoms. The molecule has 1 saturated heterocycles. The number of nitrogens with zero attached hydrogens (tertiary/aromatic N) is 5. The predicted molar refractivity (Wildman–Crippen MR) is 168 cm³/mol. The number of imidazole rings is 1. The Labute approximate surface area is 250 Å². The number of aromatic nitrogens is 4. The largest absolute Gasteiger partial charge is 0.444 e. The number of alkyl carbamates (subject to hydrolysis) is 1. The van der Waals surface area contributed by atoms with Crippen molar-refractivity contribution in [2.24, 2.45) is 0 Å². The number of fused-ring (bicyclic) bond motifs is 1. The van der Waals surface area contributed by atoms with Crippen LogP contribution in [0.1, 0.15) is 26.3 Å². The summed E-state index contributed by atoms with van der Waals surface area (Å²) in [7, 11) is 0. The van der Waals surface area contributed by atoms with Crippen LogP contribution in [0.2, 0.25) is 0 Å². The number of pyridine rings is 2. The molecule has 10 heteroatoms. The van der Waals surface area contributed by atoms with Crippen LogP contribution in [-0.2, 0) is 16.0 Å². The lowest BCUT2D eigenvalue weighted by atomic mass is 10.1. The van der Waals surface area contributed by atoms with E-state index in [1.165, 1.54) is 5.69 Å². The van der Waals surface area contributed by atoms with E-state index in [0.29, 0.717) is 29.4 Å². The quantitative estimate of drug-likeness (QED) is 0.268. The van der Waals surface area contributed by atoms with Crippen LogP contribution < -0.4 is 16.0 Å². The molecule has 1 aliphatic heterocycles. The Morgan fingerprint density at radius 2 is 1.67 bits per heavy atom. The molecular weight excluding hydrogens is 542 g/mol. The van der Waals surface area contributed by atoms with Crippen molar-refractivity contribution in [1.29, 1.82) is 0 Å². The Kier molecular flexibility index (Phi) is 7.69. The van der Waals surface area contributed by atoms with Crippen molar-refractivity contribution in [3.05, 3.63) is 84.6 Å². The van der Waals surface area contributed by atoms with Gasteiger partial charge in [0.25, 0.3) is 0 Å². The van der Waals surface area contributed by atoms with E-state index in [2.05, 4.69) is 39.5 Å². The number of nitrogens with two attached hydrogens (primary N) is 1. The fourth-order valence-corrected chi connectivity index (χ4v) is 5.07. The lowest BCUT2D eigenvalue weighted by Gasteiger charge is -2.28. The number of nitrogen functional groups attached to an aromatic ring is 1. The van der Waals surface area contributed by atoms with Gasteiger partial charge in [-0.05, 0) is 74.9 Å². The second kappa shape index (κ2) is 11.7. The molecule has 0 radical (unpaired) electrons. The van der Waals surface area contributed by atoms with E-state index in [4.69, 9.17) is 25.2 Å². The number of hydrogen-bond donors (Lipinski definition) is 2. The van der Waals surface area contributed by atoms with E-state index in [0.717, 1.165) is 54.3 Å². The fourth-order valence-electron chi connectivity index (χ4n) is 5.07. The normalized spacial score (nSPS) is 13.7. The smallest absolute Gasteiger partial charge is 0.407 e. The van der Waals surface area contributed by atoms with Crippen molar-refractivity contribution in [3.63, 3.8) is 0 Å². The first-order chi connectivity index (χ1) is 20.7. The molecule has 220 valence electrons. The van der Waals surface area contributed by atoms with E-state index in [9.17, 15) is 4.79 Å². The molecule has 5 aromatic rings. The predicted octanol–water partition coefficient (Wildman–Crippen LogP) is 5.59. The Hall–Kier alpha value is -4.96. The van der Waals surface area contributed by atoms with E-state index in [-0.39, 0.29) is 0 Å². The van der Waals surface area contributed by atoms with Gasteiger partial charge >= 0.3 is 6.09 Å². The first-order valence-electron chi connectivity index (χ1n) is 14.3. The number of nitrogens with one attached hydrogen (secondary N) is 1. The van der Waals surface area contributed by atoms with Crippen LogP contribution in [0.15, 0.2) is 79.0 Å². The van der Waals surface area contributed by atoms with Gasteiger partial charge in [-0.15, -0.1) is 0 Å². The summed E-state index contributed by atoms with van der Waals surface area (Å²) < 4.78 is 12.8. The van der Waals surface area contributed by atoms with Crippen LogP contribution in [0.4, 0.5) is 16.3 Å². The van der Waals surface area contributed by atoms with Gasteiger partial charge in [0.05, 0.1) is 24.5 Å². The van der Waals surface area contributed by atoms with Gasteiger partial charge in [-0.3, -0.25) is 4.57 Å². The molecule has 3 aromatic heterocycles. The topological polar surface area (TPSA) is 120 Å². The highest BCUT2D eigenvalue weighted by Crippen LogP contribution is 2.32. The minimum Gasteiger partial charge on any atom is -0.444 e. The number of anilines is 2. The van der Waals surface area contributed by atoms with Crippen LogP contribution in [0, 0.1) is 0 Å². The van der Waals surface area contributed by atoms with Gasteiger partial charge in [0.1, 0.15) is 16.9 Å². The zero-order valence-corrected chi connectivity index (χ0v) is 24.6. The molecule has 2 aromatic carbocycles. The van der Waals surface area contributed by atoms with Crippen LogP contribution >= 0.6 is 0 Å². The number of carbonyl (C=O) groups excluding carboxylic acids is 1. The summed E-state index contributed by atoms with van der Waals surface area (Å²) in [6, 6.07) is 24.1. The Balaban J connectivity index is 1.35. The number of benzene rings is 2. The SMILES string of the molecule is CC(C)(C)OC(=O)NCc1ccc(-n2c(-c3cccnc3N)nc3ccc(-c4ccc(N5CCOCC5)cc4)nc32)cc1. The highest BCUT2D eigenvalue weighted by molar-refractivity contribution is 5.84. The maximum atomic E-state index is 12.1. The molecule has 1 aliphatic rings. The molecule has 43 heavy (non-hydrogen) atoms. The van der Waals surface area contributed by atoms with Crippen molar-refractivity contribution < 1.29 is 14.3 Å². The Morgan fingerprint density at radius 3 is 2.37 bits per heavy atom. The van der Waals surface area contributed by atoms with E-state index >= 15 is 0 Å². The van der Waals surface area contributed by atoms with Crippen LogP contribution in [-0.4, -0.2) is 57.5 Å². The molecule has 0 atom stereocenters. The third-order valence-electron chi connectivity index (χ3n) is 7.15. The first kappa shape index (κ1) is 28.2. The summed E-state index contributed by atoms with van der Waals surface area (Å²) in [6.07, 6.45) is 1.20. The van der Waals surface area contributed by atoms with Crippen LogP contribution in [0.3, 0.4) is 0 Å². The van der Waals surface area contributed by atoms with Gasteiger partial charge in [-0.25, -0.2) is 19.7 Å². The van der Waals surface area contributed by atoms with Gasteiger partial charge in [0.15, 0.2) is 11.5 Å². The fraction of sp³-hybridized carbons (Fsp3) is 0.273. The van der Waals surface area contributed by atoms with E-state index in [1.807, 2.05) is 73.9 Å². The summed E-state index contributed by atoms with van der Waals surface area (Å²) in [5.74, 6) is 1.03. The van der Waals surface area contributed by atoms with E-state index in [1.54, 1.807) is 6.20 Å². The van der Waals surface area contributed by atoms with Crippen molar-refractivity contribution in [3.8, 4) is 28.3 Å². The standard InChI is InChI=1S/C33H35N7O3/c1-33(2,3)43-32(41)36-21-22-6-10-25(11-7-22)40-30(26-5-4-16-35-29(26)34)38-28-15-14-27(37-31(28)40)23-8-12-24(13-9-23)39-17-19-42-20-18-39/h4-16H,17-21H2,1-3H3,(H2,34,35)(H,36,41). The van der Waals surface area contributed by atoms with Gasteiger partial charge < -0.3 is 25.4 Å². The van der Waals surface area contributed by atoms with Gasteiger partial charge in [0, 0.05) is 42.8 Å². The van der Waals surface area contributed by atoms with Crippen molar-refractivity contribution in [2.75, 3.05) is 36.9 Å². The number of carbonyl (C=O) groups is 1. The molecule has 1 fully saturated rings. The number of hydrogen-bond acceptors (Lipinski definition) is 8. The minimum absolute atomic E-state index is 0.338. The maximum Gasteiger partial charge on any atom is 0.407 e. The number of morpholine rings is 1. The van der Waals surface area contributed by atoms with Crippen LogP contribution in [0.25, 0.3) is 39.5 Å². The molecule has 10 nitrogen and oxygen atoms in total. The molecule has 1 amide bonds. The molecule has 0 bridgehead atoms.